The Morgan fingerprint density at radius 1 is 0.905 bits per heavy atom. The number of benzene rings is 3. The van der Waals surface area contributed by atoms with E-state index in [0.717, 1.165) is 23.3 Å². The van der Waals surface area contributed by atoms with Crippen LogP contribution < -0.4 is 20.9 Å². The first-order valence-electron chi connectivity index (χ1n) is 13.9. The summed E-state index contributed by atoms with van der Waals surface area (Å²) in [6.45, 7) is 2.35. The number of rotatable bonds is 16. The summed E-state index contributed by atoms with van der Waals surface area (Å²) in [7, 11) is 0. The minimum atomic E-state index is -0.496. The van der Waals surface area contributed by atoms with Gasteiger partial charge < -0.3 is 15.4 Å². The van der Waals surface area contributed by atoms with E-state index in [-0.39, 0.29) is 18.4 Å². The minimum Gasteiger partial charge on any atom is -0.481 e. The van der Waals surface area contributed by atoms with E-state index in [0.29, 0.717) is 43.7 Å². The summed E-state index contributed by atoms with van der Waals surface area (Å²) in [5, 5.41) is 14.2. The van der Waals surface area contributed by atoms with Crippen molar-refractivity contribution in [2.45, 2.75) is 49.2 Å². The van der Waals surface area contributed by atoms with Gasteiger partial charge in [0, 0.05) is 17.0 Å². The number of carbonyl (C=O) groups excluding carboxylic acids is 3. The van der Waals surface area contributed by atoms with E-state index in [1.807, 2.05) is 60.7 Å². The van der Waals surface area contributed by atoms with Crippen LogP contribution in [0.1, 0.15) is 47.7 Å². The Morgan fingerprint density at radius 2 is 1.64 bits per heavy atom. The summed E-state index contributed by atoms with van der Waals surface area (Å²) in [6.07, 6.45) is 3.35. The quantitative estimate of drug-likeness (QED) is 0.0642. The molecule has 0 aliphatic carbocycles. The van der Waals surface area contributed by atoms with Crippen molar-refractivity contribution in [3.8, 4) is 17.6 Å². The first-order valence-corrected chi connectivity index (χ1v) is 14.8. The van der Waals surface area contributed by atoms with Crippen LogP contribution in [0.25, 0.3) is 0 Å². The predicted molar refractivity (Wildman–Crippen MR) is 164 cm³/mol. The molecule has 0 spiro atoms. The SMILES string of the molecule is CC#CCOc1ccc(SC(CCCCNC(=O)CNC(=O)c2ccccc2CCc2ccccc2)C(=O)NO)cc1. The zero-order valence-corrected chi connectivity index (χ0v) is 24.5. The van der Waals surface area contributed by atoms with Gasteiger partial charge in [-0.3, -0.25) is 19.6 Å². The van der Waals surface area contributed by atoms with Crippen molar-refractivity contribution < 1.29 is 24.3 Å². The number of aryl methyl sites for hydroxylation is 2. The minimum absolute atomic E-state index is 0.123. The maximum Gasteiger partial charge on any atom is 0.256 e. The van der Waals surface area contributed by atoms with Crippen LogP contribution in [0.3, 0.4) is 0 Å². The molecule has 1 atom stereocenters. The summed E-state index contributed by atoms with van der Waals surface area (Å²) in [5.41, 5.74) is 4.45. The molecule has 9 heteroatoms. The molecule has 42 heavy (non-hydrogen) atoms. The summed E-state index contributed by atoms with van der Waals surface area (Å²) in [4.78, 5) is 38.2. The van der Waals surface area contributed by atoms with Gasteiger partial charge in [-0.25, -0.2) is 5.48 Å². The highest BCUT2D eigenvalue weighted by molar-refractivity contribution is 8.00. The maximum absolute atomic E-state index is 12.8. The average molecular weight is 588 g/mol. The first kappa shape index (κ1) is 32.3. The van der Waals surface area contributed by atoms with Gasteiger partial charge in [-0.15, -0.1) is 17.7 Å². The first-order chi connectivity index (χ1) is 20.5. The van der Waals surface area contributed by atoms with Gasteiger partial charge in [-0.05, 0) is 74.1 Å². The van der Waals surface area contributed by atoms with Gasteiger partial charge in [-0.1, -0.05) is 60.9 Å². The van der Waals surface area contributed by atoms with Crippen molar-refractivity contribution in [3.63, 3.8) is 0 Å². The smallest absolute Gasteiger partial charge is 0.256 e. The summed E-state index contributed by atoms with van der Waals surface area (Å²) >= 11 is 1.34. The monoisotopic (exact) mass is 587 g/mol. The number of thioether (sulfide) groups is 1. The van der Waals surface area contributed by atoms with Crippen molar-refractivity contribution in [2.75, 3.05) is 19.7 Å². The maximum atomic E-state index is 12.8. The average Bonchev–Trinajstić information content (AvgIpc) is 3.03. The molecule has 0 heterocycles. The lowest BCUT2D eigenvalue weighted by molar-refractivity contribution is -0.128. The van der Waals surface area contributed by atoms with Crippen LogP contribution in [-0.2, 0) is 22.4 Å². The molecule has 0 fully saturated rings. The largest absolute Gasteiger partial charge is 0.481 e. The third-order valence-corrected chi connectivity index (χ3v) is 7.68. The molecule has 0 saturated carbocycles. The number of nitrogens with one attached hydrogen (secondary N) is 3. The van der Waals surface area contributed by atoms with Gasteiger partial charge in [-0.2, -0.15) is 0 Å². The van der Waals surface area contributed by atoms with Crippen LogP contribution in [0, 0.1) is 11.8 Å². The highest BCUT2D eigenvalue weighted by Crippen LogP contribution is 2.28. The topological polar surface area (TPSA) is 117 Å². The fraction of sp³-hybridized carbons (Fsp3) is 0.303. The van der Waals surface area contributed by atoms with Gasteiger partial charge in [0.1, 0.15) is 12.4 Å². The molecular weight excluding hydrogens is 550 g/mol. The van der Waals surface area contributed by atoms with Crippen molar-refractivity contribution in [1.29, 1.82) is 0 Å². The fourth-order valence-corrected chi connectivity index (χ4v) is 5.24. The zero-order chi connectivity index (χ0) is 30.0. The summed E-state index contributed by atoms with van der Waals surface area (Å²) in [5.74, 6) is 5.25. The second-order valence-corrected chi connectivity index (χ2v) is 10.7. The van der Waals surface area contributed by atoms with Crippen LogP contribution in [0.15, 0.2) is 83.8 Å². The van der Waals surface area contributed by atoms with E-state index < -0.39 is 11.2 Å². The lowest BCUT2D eigenvalue weighted by Crippen LogP contribution is -2.37. The Bertz CT molecular complexity index is 1350. The Labute approximate surface area is 251 Å². The highest BCUT2D eigenvalue weighted by Gasteiger charge is 2.19. The van der Waals surface area contributed by atoms with E-state index in [2.05, 4.69) is 34.6 Å². The Kier molecular flexibility index (Phi) is 14.0. The molecule has 0 bridgehead atoms. The third kappa shape index (κ3) is 11.3. The van der Waals surface area contributed by atoms with Crippen LogP contribution >= 0.6 is 11.8 Å². The van der Waals surface area contributed by atoms with Gasteiger partial charge in [0.2, 0.25) is 5.91 Å². The number of ether oxygens (including phenoxy) is 1. The standard InChI is InChI=1S/C33H37N3O5S/c1-2-3-23-41-27-18-20-28(21-19-27)42-30(33(39)36-40)15-9-10-22-34-31(37)24-35-32(38)29-14-8-7-13-26(29)17-16-25-11-5-4-6-12-25/h4-8,11-14,18-21,30,40H,9-10,15-17,22-24H2,1H3,(H,34,37)(H,35,38)(H,36,39). The molecule has 3 rings (SSSR count). The van der Waals surface area contributed by atoms with Gasteiger partial charge in [0.05, 0.1) is 11.8 Å². The Morgan fingerprint density at radius 3 is 2.38 bits per heavy atom. The molecule has 1 unspecified atom stereocenters. The molecule has 220 valence electrons. The second kappa shape index (κ2) is 18.2. The molecule has 4 N–H and O–H groups in total. The number of unbranched alkanes of at least 4 members (excludes halogenated alkanes) is 1. The van der Waals surface area contributed by atoms with E-state index >= 15 is 0 Å². The fourth-order valence-electron chi connectivity index (χ4n) is 4.17. The van der Waals surface area contributed by atoms with Crippen molar-refractivity contribution in [2.24, 2.45) is 0 Å². The van der Waals surface area contributed by atoms with Crippen molar-refractivity contribution >= 4 is 29.5 Å². The van der Waals surface area contributed by atoms with Crippen LogP contribution in [0.5, 0.6) is 5.75 Å². The van der Waals surface area contributed by atoms with E-state index in [9.17, 15) is 19.6 Å². The molecule has 3 aromatic carbocycles. The third-order valence-electron chi connectivity index (χ3n) is 6.41. The zero-order valence-electron chi connectivity index (χ0n) is 23.7. The van der Waals surface area contributed by atoms with E-state index in [1.165, 1.54) is 17.3 Å². The molecular formula is C33H37N3O5S. The molecule has 0 aliphatic rings. The van der Waals surface area contributed by atoms with Gasteiger partial charge in [0.15, 0.2) is 0 Å². The Balaban J connectivity index is 1.37. The molecule has 0 aliphatic heterocycles. The predicted octanol–water partition coefficient (Wildman–Crippen LogP) is 4.56. The molecule has 0 aromatic heterocycles. The summed E-state index contributed by atoms with van der Waals surface area (Å²) in [6, 6.07) is 24.9. The molecule has 0 radical (unpaired) electrons. The summed E-state index contributed by atoms with van der Waals surface area (Å²) < 4.78 is 5.51. The molecule has 3 aromatic rings. The van der Waals surface area contributed by atoms with Crippen LogP contribution in [-0.4, -0.2) is 47.9 Å². The molecule has 8 nitrogen and oxygen atoms in total. The van der Waals surface area contributed by atoms with Gasteiger partial charge >= 0.3 is 0 Å². The lowest BCUT2D eigenvalue weighted by Gasteiger charge is -2.15. The second-order valence-electron chi connectivity index (χ2n) is 9.44. The highest BCUT2D eigenvalue weighted by atomic mass is 32.2. The molecule has 0 saturated heterocycles. The normalized spacial score (nSPS) is 11.0. The van der Waals surface area contributed by atoms with Crippen LogP contribution in [0.2, 0.25) is 0 Å². The van der Waals surface area contributed by atoms with Crippen LogP contribution in [0.4, 0.5) is 0 Å². The number of amides is 3. The van der Waals surface area contributed by atoms with E-state index in [1.54, 1.807) is 18.5 Å². The van der Waals surface area contributed by atoms with E-state index in [4.69, 9.17) is 4.74 Å². The number of hydroxylamine groups is 1. The Hall–Kier alpha value is -4.26. The van der Waals surface area contributed by atoms with Gasteiger partial charge in [0.25, 0.3) is 11.8 Å². The van der Waals surface area contributed by atoms with Crippen molar-refractivity contribution in [1.82, 2.24) is 16.1 Å². The molecule has 3 amide bonds. The lowest BCUT2D eigenvalue weighted by atomic mass is 9.99. The van der Waals surface area contributed by atoms with Crippen molar-refractivity contribution in [3.05, 3.63) is 95.6 Å². The number of carbonyl (C=O) groups is 3. The number of hydrogen-bond donors (Lipinski definition) is 4. The number of hydrogen-bond acceptors (Lipinski definition) is 6.